The van der Waals surface area contributed by atoms with Gasteiger partial charge < -0.3 is 9.73 Å². The van der Waals surface area contributed by atoms with Gasteiger partial charge in [0.2, 0.25) is 0 Å². The highest BCUT2D eigenvalue weighted by Gasteiger charge is 2.18. The van der Waals surface area contributed by atoms with E-state index in [1.54, 1.807) is 12.1 Å². The van der Waals surface area contributed by atoms with Crippen LogP contribution >= 0.6 is 0 Å². The summed E-state index contributed by atoms with van der Waals surface area (Å²) in [5.74, 6) is 0.883. The quantitative estimate of drug-likeness (QED) is 0.763. The van der Waals surface area contributed by atoms with Crippen molar-refractivity contribution >= 4 is 5.91 Å². The zero-order valence-electron chi connectivity index (χ0n) is 13.0. The summed E-state index contributed by atoms with van der Waals surface area (Å²) in [4.78, 5) is 12.4. The van der Waals surface area contributed by atoms with Crippen molar-refractivity contribution in [3.8, 4) is 0 Å². The van der Waals surface area contributed by atoms with E-state index in [9.17, 15) is 4.79 Å². The SMILES string of the molecule is Cc1ccc(C(=O)N[C@@H](Cc2ccccc2)c2ccccc2)o1. The topological polar surface area (TPSA) is 42.2 Å². The zero-order valence-corrected chi connectivity index (χ0v) is 13.0. The summed E-state index contributed by atoms with van der Waals surface area (Å²) in [5, 5.41) is 3.08. The number of carbonyl (C=O) groups is 1. The Morgan fingerprint density at radius 3 is 2.22 bits per heavy atom. The Balaban J connectivity index is 1.82. The van der Waals surface area contributed by atoms with E-state index >= 15 is 0 Å². The molecule has 116 valence electrons. The molecule has 0 aliphatic carbocycles. The van der Waals surface area contributed by atoms with Crippen LogP contribution in [0.4, 0.5) is 0 Å². The van der Waals surface area contributed by atoms with Crippen LogP contribution < -0.4 is 5.32 Å². The second-order valence-corrected chi connectivity index (χ2v) is 5.54. The van der Waals surface area contributed by atoms with Gasteiger partial charge in [-0.25, -0.2) is 0 Å². The Morgan fingerprint density at radius 2 is 1.61 bits per heavy atom. The normalized spacial score (nSPS) is 11.9. The molecule has 0 aliphatic rings. The van der Waals surface area contributed by atoms with E-state index in [2.05, 4.69) is 17.4 Å². The number of aryl methyl sites for hydroxylation is 1. The van der Waals surface area contributed by atoms with Gasteiger partial charge in [-0.05, 0) is 36.6 Å². The molecule has 3 nitrogen and oxygen atoms in total. The average Bonchev–Trinajstić information content (AvgIpc) is 3.03. The van der Waals surface area contributed by atoms with Crippen molar-refractivity contribution in [1.82, 2.24) is 5.32 Å². The van der Waals surface area contributed by atoms with Crippen molar-refractivity contribution in [3.05, 3.63) is 95.4 Å². The van der Waals surface area contributed by atoms with Gasteiger partial charge in [-0.15, -0.1) is 0 Å². The molecule has 0 radical (unpaired) electrons. The zero-order chi connectivity index (χ0) is 16.1. The fraction of sp³-hybridized carbons (Fsp3) is 0.150. The summed E-state index contributed by atoms with van der Waals surface area (Å²) in [6.07, 6.45) is 0.732. The van der Waals surface area contributed by atoms with Crippen LogP contribution in [0.25, 0.3) is 0 Å². The molecule has 0 bridgehead atoms. The first-order valence-electron chi connectivity index (χ1n) is 7.68. The highest BCUT2D eigenvalue weighted by Crippen LogP contribution is 2.19. The summed E-state index contributed by atoms with van der Waals surface area (Å²) in [6, 6.07) is 23.5. The van der Waals surface area contributed by atoms with Crippen LogP contribution in [0.2, 0.25) is 0 Å². The van der Waals surface area contributed by atoms with E-state index in [4.69, 9.17) is 4.42 Å². The molecule has 1 amide bonds. The molecular formula is C20H19NO2. The first kappa shape index (κ1) is 15.1. The first-order chi connectivity index (χ1) is 11.2. The number of furan rings is 1. The van der Waals surface area contributed by atoms with E-state index in [1.165, 1.54) is 5.56 Å². The van der Waals surface area contributed by atoms with Crippen LogP contribution in [0.15, 0.2) is 77.2 Å². The Morgan fingerprint density at radius 1 is 0.957 bits per heavy atom. The number of nitrogens with one attached hydrogen (secondary N) is 1. The molecule has 0 spiro atoms. The van der Waals surface area contributed by atoms with Crippen molar-refractivity contribution in [2.75, 3.05) is 0 Å². The lowest BCUT2D eigenvalue weighted by Gasteiger charge is -2.19. The standard InChI is InChI=1S/C20H19NO2/c1-15-12-13-19(23-15)20(22)21-18(17-10-6-3-7-11-17)14-16-8-4-2-5-9-16/h2-13,18H,14H2,1H3,(H,21,22)/t18-/m0/s1. The smallest absolute Gasteiger partial charge is 0.287 e. The van der Waals surface area contributed by atoms with Crippen molar-refractivity contribution in [1.29, 1.82) is 0 Å². The van der Waals surface area contributed by atoms with Crippen LogP contribution in [0, 0.1) is 6.92 Å². The van der Waals surface area contributed by atoms with Crippen LogP contribution in [0.1, 0.15) is 33.5 Å². The van der Waals surface area contributed by atoms with Crippen LogP contribution in [0.3, 0.4) is 0 Å². The number of rotatable bonds is 5. The lowest BCUT2D eigenvalue weighted by Crippen LogP contribution is -2.29. The van der Waals surface area contributed by atoms with E-state index in [-0.39, 0.29) is 11.9 Å². The maximum Gasteiger partial charge on any atom is 0.287 e. The number of hydrogen-bond donors (Lipinski definition) is 1. The number of amides is 1. The van der Waals surface area contributed by atoms with Gasteiger partial charge in [0.1, 0.15) is 5.76 Å². The van der Waals surface area contributed by atoms with Gasteiger partial charge in [-0.2, -0.15) is 0 Å². The fourth-order valence-corrected chi connectivity index (χ4v) is 2.57. The largest absolute Gasteiger partial charge is 0.456 e. The lowest BCUT2D eigenvalue weighted by molar-refractivity contribution is 0.0907. The first-order valence-corrected chi connectivity index (χ1v) is 7.68. The van der Waals surface area contributed by atoms with Crippen molar-refractivity contribution in [3.63, 3.8) is 0 Å². The maximum absolute atomic E-state index is 12.4. The van der Waals surface area contributed by atoms with Gasteiger partial charge in [0.05, 0.1) is 6.04 Å². The summed E-state index contributed by atoms with van der Waals surface area (Å²) >= 11 is 0. The molecule has 1 heterocycles. The lowest BCUT2D eigenvalue weighted by atomic mass is 9.99. The predicted molar refractivity (Wildman–Crippen MR) is 90.2 cm³/mol. The van der Waals surface area contributed by atoms with E-state index in [1.807, 2.05) is 55.5 Å². The highest BCUT2D eigenvalue weighted by molar-refractivity contribution is 5.91. The molecule has 0 aliphatic heterocycles. The van der Waals surface area contributed by atoms with E-state index in [0.717, 1.165) is 17.7 Å². The molecule has 1 N–H and O–H groups in total. The maximum atomic E-state index is 12.4. The van der Waals surface area contributed by atoms with Crippen LogP contribution in [-0.2, 0) is 6.42 Å². The second-order valence-electron chi connectivity index (χ2n) is 5.54. The third kappa shape index (κ3) is 3.89. The third-order valence-electron chi connectivity index (χ3n) is 3.75. The highest BCUT2D eigenvalue weighted by atomic mass is 16.3. The molecule has 1 atom stereocenters. The number of benzene rings is 2. The molecule has 3 aromatic rings. The molecule has 0 saturated carbocycles. The molecule has 23 heavy (non-hydrogen) atoms. The monoisotopic (exact) mass is 305 g/mol. The molecule has 2 aromatic carbocycles. The summed E-state index contributed by atoms with van der Waals surface area (Å²) in [5.41, 5.74) is 2.25. The average molecular weight is 305 g/mol. The summed E-state index contributed by atoms with van der Waals surface area (Å²) in [7, 11) is 0. The van der Waals surface area contributed by atoms with E-state index < -0.39 is 0 Å². The predicted octanol–water partition coefficient (Wildman–Crippen LogP) is 4.30. The third-order valence-corrected chi connectivity index (χ3v) is 3.75. The van der Waals surface area contributed by atoms with Gasteiger partial charge in [-0.1, -0.05) is 60.7 Å². The molecule has 0 fully saturated rings. The summed E-state index contributed by atoms with van der Waals surface area (Å²) < 4.78 is 5.42. The van der Waals surface area contributed by atoms with Crippen molar-refractivity contribution in [2.45, 2.75) is 19.4 Å². The van der Waals surface area contributed by atoms with Gasteiger partial charge in [0.25, 0.3) is 5.91 Å². The minimum atomic E-state index is -0.192. The van der Waals surface area contributed by atoms with Gasteiger partial charge in [0, 0.05) is 0 Å². The van der Waals surface area contributed by atoms with Crippen LogP contribution in [0.5, 0.6) is 0 Å². The van der Waals surface area contributed by atoms with Crippen LogP contribution in [-0.4, -0.2) is 5.91 Å². The van der Waals surface area contributed by atoms with Gasteiger partial charge in [0.15, 0.2) is 5.76 Å². The molecular weight excluding hydrogens is 286 g/mol. The number of hydrogen-bond acceptors (Lipinski definition) is 2. The molecule has 0 saturated heterocycles. The Kier molecular flexibility index (Phi) is 4.57. The second kappa shape index (κ2) is 6.97. The fourth-order valence-electron chi connectivity index (χ4n) is 2.57. The van der Waals surface area contributed by atoms with Crippen molar-refractivity contribution in [2.24, 2.45) is 0 Å². The molecule has 1 aromatic heterocycles. The minimum Gasteiger partial charge on any atom is -0.456 e. The van der Waals surface area contributed by atoms with Crippen molar-refractivity contribution < 1.29 is 9.21 Å². The molecule has 3 rings (SSSR count). The minimum absolute atomic E-state index is 0.100. The van der Waals surface area contributed by atoms with Gasteiger partial charge in [-0.3, -0.25) is 4.79 Å². The molecule has 3 heteroatoms. The van der Waals surface area contributed by atoms with E-state index in [0.29, 0.717) is 5.76 Å². The number of carbonyl (C=O) groups excluding carboxylic acids is 1. The Labute approximate surface area is 136 Å². The Bertz CT molecular complexity index is 763. The van der Waals surface area contributed by atoms with Gasteiger partial charge >= 0.3 is 0 Å². The summed E-state index contributed by atoms with van der Waals surface area (Å²) in [6.45, 7) is 1.83. The molecule has 0 unspecified atom stereocenters. The Hall–Kier alpha value is -2.81.